The minimum atomic E-state index is -0.427. The summed E-state index contributed by atoms with van der Waals surface area (Å²) in [4.78, 5) is 25.8. The minimum absolute atomic E-state index is 0.103. The molecule has 142 valence electrons. The lowest BCUT2D eigenvalue weighted by Gasteiger charge is -2.28. The summed E-state index contributed by atoms with van der Waals surface area (Å²) in [7, 11) is 0. The summed E-state index contributed by atoms with van der Waals surface area (Å²) >= 11 is 5.98. The molecular weight excluding hydrogens is 382 g/mol. The average molecular weight is 398 g/mol. The molecule has 2 amide bonds. The summed E-state index contributed by atoms with van der Waals surface area (Å²) in [6.07, 6.45) is 0. The Morgan fingerprint density at radius 3 is 2.93 bits per heavy atom. The fourth-order valence-corrected chi connectivity index (χ4v) is 3.08. The maximum absolute atomic E-state index is 12.3. The first-order chi connectivity index (χ1) is 13.5. The Bertz CT molecular complexity index is 1110. The second kappa shape index (κ2) is 7.36. The van der Waals surface area contributed by atoms with Crippen LogP contribution in [0.15, 0.2) is 58.0 Å². The molecule has 8 heteroatoms. The van der Waals surface area contributed by atoms with Gasteiger partial charge in [-0.1, -0.05) is 23.7 Å². The molecule has 1 aliphatic rings. The van der Waals surface area contributed by atoms with E-state index in [-0.39, 0.29) is 19.1 Å². The van der Waals surface area contributed by atoms with Gasteiger partial charge < -0.3 is 9.15 Å². The molecule has 0 saturated carbocycles. The number of ether oxygens (including phenoxy) is 1. The van der Waals surface area contributed by atoms with Crippen molar-refractivity contribution in [2.75, 3.05) is 18.1 Å². The molecule has 28 heavy (non-hydrogen) atoms. The predicted molar refractivity (Wildman–Crippen MR) is 106 cm³/mol. The predicted octanol–water partition coefficient (Wildman–Crippen LogP) is 3.35. The number of furan rings is 1. The molecule has 0 saturated heterocycles. The average Bonchev–Trinajstić information content (AvgIpc) is 3.11. The second-order valence-electron chi connectivity index (χ2n) is 6.26. The third-order valence-corrected chi connectivity index (χ3v) is 4.53. The maximum Gasteiger partial charge on any atom is 0.265 e. The SMILES string of the molecule is C/C(=N/NC(=O)CN1C(=O)COc2ccccc21)c1cc2cc(Cl)ccc2o1. The Kier molecular flexibility index (Phi) is 4.75. The van der Waals surface area contributed by atoms with Gasteiger partial charge in [-0.25, -0.2) is 5.43 Å². The lowest BCUT2D eigenvalue weighted by atomic mass is 10.2. The quantitative estimate of drug-likeness (QED) is 0.540. The fraction of sp³-hybridized carbons (Fsp3) is 0.150. The molecule has 3 aromatic rings. The van der Waals surface area contributed by atoms with E-state index in [4.69, 9.17) is 20.8 Å². The smallest absolute Gasteiger partial charge is 0.265 e. The van der Waals surface area contributed by atoms with Gasteiger partial charge >= 0.3 is 0 Å². The van der Waals surface area contributed by atoms with Crippen molar-refractivity contribution < 1.29 is 18.7 Å². The van der Waals surface area contributed by atoms with Crippen LogP contribution in [-0.4, -0.2) is 30.7 Å². The van der Waals surface area contributed by atoms with E-state index in [0.29, 0.717) is 33.5 Å². The lowest BCUT2D eigenvalue weighted by Crippen LogP contribution is -2.44. The van der Waals surface area contributed by atoms with Crippen LogP contribution in [0.4, 0.5) is 5.69 Å². The summed E-state index contributed by atoms with van der Waals surface area (Å²) in [5.41, 5.74) is 4.19. The zero-order chi connectivity index (χ0) is 19.7. The number of benzene rings is 2. The van der Waals surface area contributed by atoms with Crippen molar-refractivity contribution in [1.29, 1.82) is 0 Å². The Morgan fingerprint density at radius 2 is 2.07 bits per heavy atom. The summed E-state index contributed by atoms with van der Waals surface area (Å²) in [6.45, 7) is 1.45. The number of carbonyl (C=O) groups excluding carboxylic acids is 2. The van der Waals surface area contributed by atoms with Gasteiger partial charge in [0.1, 0.15) is 23.6 Å². The van der Waals surface area contributed by atoms with Gasteiger partial charge in [0.15, 0.2) is 12.4 Å². The van der Waals surface area contributed by atoms with E-state index in [2.05, 4.69) is 10.5 Å². The zero-order valence-electron chi connectivity index (χ0n) is 14.9. The Morgan fingerprint density at radius 1 is 1.25 bits per heavy atom. The number of nitrogens with one attached hydrogen (secondary N) is 1. The molecule has 1 aliphatic heterocycles. The largest absolute Gasteiger partial charge is 0.482 e. The van der Waals surface area contributed by atoms with Crippen molar-refractivity contribution in [1.82, 2.24) is 5.43 Å². The molecule has 4 rings (SSSR count). The summed E-state index contributed by atoms with van der Waals surface area (Å²) in [6, 6.07) is 14.2. The Balaban J connectivity index is 1.47. The van der Waals surface area contributed by atoms with E-state index in [1.807, 2.05) is 0 Å². The molecule has 0 aliphatic carbocycles. The fourth-order valence-electron chi connectivity index (χ4n) is 2.90. The molecule has 0 atom stereocenters. The standard InChI is InChI=1S/C20H16ClN3O4/c1-12(18-9-13-8-14(21)6-7-16(13)28-18)22-23-19(25)10-24-15-4-2-3-5-17(15)27-11-20(24)26/h2-9H,10-11H2,1H3,(H,23,25)/b22-12-. The van der Waals surface area contributed by atoms with E-state index in [1.165, 1.54) is 4.90 Å². The van der Waals surface area contributed by atoms with Crippen molar-refractivity contribution in [3.8, 4) is 5.75 Å². The highest BCUT2D eigenvalue weighted by Gasteiger charge is 2.26. The summed E-state index contributed by atoms with van der Waals surface area (Å²) in [5.74, 6) is 0.369. The Hall–Kier alpha value is -3.32. The molecule has 0 fully saturated rings. The van der Waals surface area contributed by atoms with Crippen LogP contribution < -0.4 is 15.1 Å². The van der Waals surface area contributed by atoms with Crippen LogP contribution in [0.25, 0.3) is 11.0 Å². The van der Waals surface area contributed by atoms with Crippen molar-refractivity contribution in [2.24, 2.45) is 5.10 Å². The van der Waals surface area contributed by atoms with Crippen LogP contribution in [0.2, 0.25) is 5.02 Å². The van der Waals surface area contributed by atoms with Crippen LogP contribution in [-0.2, 0) is 9.59 Å². The van der Waals surface area contributed by atoms with Crippen LogP contribution in [0.1, 0.15) is 12.7 Å². The first-order valence-electron chi connectivity index (χ1n) is 8.56. The third-order valence-electron chi connectivity index (χ3n) is 4.29. The van der Waals surface area contributed by atoms with Crippen LogP contribution >= 0.6 is 11.6 Å². The van der Waals surface area contributed by atoms with Gasteiger partial charge in [0.05, 0.1) is 5.69 Å². The molecular formula is C20H16ClN3O4. The van der Waals surface area contributed by atoms with Gasteiger partial charge in [-0.3, -0.25) is 14.5 Å². The normalized spacial score (nSPS) is 14.0. The van der Waals surface area contributed by atoms with Gasteiger partial charge in [0.25, 0.3) is 11.8 Å². The summed E-state index contributed by atoms with van der Waals surface area (Å²) < 4.78 is 11.1. The topological polar surface area (TPSA) is 84.1 Å². The number of fused-ring (bicyclic) bond motifs is 2. The first-order valence-corrected chi connectivity index (χ1v) is 8.94. The molecule has 0 spiro atoms. The van der Waals surface area contributed by atoms with Crippen LogP contribution in [0.3, 0.4) is 0 Å². The molecule has 0 bridgehead atoms. The van der Waals surface area contributed by atoms with E-state index in [0.717, 1.165) is 5.39 Å². The highest BCUT2D eigenvalue weighted by atomic mass is 35.5. The number of carbonyl (C=O) groups is 2. The molecule has 1 N–H and O–H groups in total. The van der Waals surface area contributed by atoms with Crippen molar-refractivity contribution in [3.05, 3.63) is 59.3 Å². The van der Waals surface area contributed by atoms with E-state index < -0.39 is 5.91 Å². The number of nitrogens with zero attached hydrogens (tertiary/aromatic N) is 2. The van der Waals surface area contributed by atoms with Crippen molar-refractivity contribution in [2.45, 2.75) is 6.92 Å². The number of halogens is 1. The van der Waals surface area contributed by atoms with Gasteiger partial charge in [-0.15, -0.1) is 0 Å². The van der Waals surface area contributed by atoms with Crippen LogP contribution in [0, 0.1) is 0 Å². The van der Waals surface area contributed by atoms with E-state index in [9.17, 15) is 9.59 Å². The lowest BCUT2D eigenvalue weighted by molar-refractivity contribution is -0.125. The second-order valence-corrected chi connectivity index (χ2v) is 6.70. The van der Waals surface area contributed by atoms with Gasteiger partial charge in [0, 0.05) is 10.4 Å². The van der Waals surface area contributed by atoms with Crippen molar-refractivity contribution in [3.63, 3.8) is 0 Å². The van der Waals surface area contributed by atoms with E-state index in [1.54, 1.807) is 55.5 Å². The molecule has 2 heterocycles. The minimum Gasteiger partial charge on any atom is -0.482 e. The Labute approximate surface area is 165 Å². The molecule has 1 aromatic heterocycles. The number of hydrogen-bond donors (Lipinski definition) is 1. The van der Waals surface area contributed by atoms with Crippen molar-refractivity contribution >= 4 is 45.8 Å². The summed E-state index contributed by atoms with van der Waals surface area (Å²) in [5, 5.41) is 5.54. The highest BCUT2D eigenvalue weighted by molar-refractivity contribution is 6.31. The van der Waals surface area contributed by atoms with Gasteiger partial charge in [-0.05, 0) is 43.3 Å². The van der Waals surface area contributed by atoms with Gasteiger partial charge in [-0.2, -0.15) is 5.10 Å². The molecule has 7 nitrogen and oxygen atoms in total. The number of amides is 2. The number of rotatable bonds is 4. The number of anilines is 1. The molecule has 0 radical (unpaired) electrons. The maximum atomic E-state index is 12.3. The number of hydrogen-bond acceptors (Lipinski definition) is 5. The molecule has 0 unspecified atom stereocenters. The zero-order valence-corrected chi connectivity index (χ0v) is 15.7. The first kappa shape index (κ1) is 18.1. The monoisotopic (exact) mass is 397 g/mol. The highest BCUT2D eigenvalue weighted by Crippen LogP contribution is 2.31. The third kappa shape index (κ3) is 3.57. The molecule has 2 aromatic carbocycles. The van der Waals surface area contributed by atoms with Crippen LogP contribution in [0.5, 0.6) is 5.75 Å². The van der Waals surface area contributed by atoms with E-state index >= 15 is 0 Å². The number of hydrazone groups is 1. The van der Waals surface area contributed by atoms with Gasteiger partial charge in [0.2, 0.25) is 0 Å². The number of para-hydroxylation sites is 2.